The summed E-state index contributed by atoms with van der Waals surface area (Å²) in [4.78, 5) is 30.4. The maximum Gasteiger partial charge on any atom is 0.314 e. The Morgan fingerprint density at radius 3 is 2.44 bits per heavy atom. The first-order chi connectivity index (χ1) is 16.6. The molecule has 0 radical (unpaired) electrons. The number of quaternary nitrogens is 1. The molecule has 2 atom stereocenters. The monoisotopic (exact) mass is 476 g/mol. The van der Waals surface area contributed by atoms with E-state index in [2.05, 4.69) is 22.4 Å². The maximum atomic E-state index is 13.5. The third-order valence-corrected chi connectivity index (χ3v) is 7.92. The number of amides is 1. The second-order valence-electron chi connectivity index (χ2n) is 9.48. The zero-order chi connectivity index (χ0) is 23.4. The van der Waals surface area contributed by atoms with Crippen LogP contribution in [0.3, 0.4) is 0 Å². The van der Waals surface area contributed by atoms with Gasteiger partial charge in [-0.05, 0) is 17.5 Å². The highest BCUT2D eigenvalue weighted by atomic mass is 32.1. The van der Waals surface area contributed by atoms with Crippen molar-refractivity contribution >= 4 is 28.3 Å². The Labute approximate surface area is 204 Å². The van der Waals surface area contributed by atoms with Crippen LogP contribution < -0.4 is 5.32 Å². The standard InChI is InChI=1S/C27H29N3O3S/c31-25(29-27-28-13-16-34-27)19-30-14-11-22(12-15-30)24(18-30)33-26(32)23(21-9-5-2-6-10-21)17-20-7-3-1-4-8-20/h1-10,13,16,22-24H,11-12,14-15,17-19H2/p+1. The summed E-state index contributed by atoms with van der Waals surface area (Å²) in [6.07, 6.45) is 4.11. The second-order valence-corrected chi connectivity index (χ2v) is 10.4. The van der Waals surface area contributed by atoms with Crippen molar-refractivity contribution in [3.63, 3.8) is 0 Å². The van der Waals surface area contributed by atoms with Crippen molar-refractivity contribution in [2.45, 2.75) is 31.3 Å². The molecule has 34 heavy (non-hydrogen) atoms. The molecule has 2 bridgehead atoms. The summed E-state index contributed by atoms with van der Waals surface area (Å²) >= 11 is 1.42. The topological polar surface area (TPSA) is 68.3 Å². The highest BCUT2D eigenvalue weighted by Gasteiger charge is 2.49. The normalized spacial score (nSPS) is 24.4. The molecule has 7 heteroatoms. The van der Waals surface area contributed by atoms with Crippen LogP contribution in [0.2, 0.25) is 0 Å². The minimum atomic E-state index is -0.347. The van der Waals surface area contributed by atoms with E-state index in [1.807, 2.05) is 53.9 Å². The van der Waals surface area contributed by atoms with E-state index in [1.54, 1.807) is 6.20 Å². The highest BCUT2D eigenvalue weighted by molar-refractivity contribution is 7.13. The van der Waals surface area contributed by atoms with E-state index in [-0.39, 0.29) is 23.9 Å². The van der Waals surface area contributed by atoms with Gasteiger partial charge in [0.15, 0.2) is 17.8 Å². The summed E-state index contributed by atoms with van der Waals surface area (Å²) in [6.45, 7) is 3.01. The van der Waals surface area contributed by atoms with E-state index in [4.69, 9.17) is 4.74 Å². The average Bonchev–Trinajstić information content (AvgIpc) is 3.37. The Balaban J connectivity index is 1.28. The summed E-state index contributed by atoms with van der Waals surface area (Å²) < 4.78 is 6.91. The highest BCUT2D eigenvalue weighted by Crippen LogP contribution is 2.36. The number of thiazole rings is 1. The van der Waals surface area contributed by atoms with Crippen LogP contribution in [0.5, 0.6) is 0 Å². The smallest absolute Gasteiger partial charge is 0.314 e. The van der Waals surface area contributed by atoms with Gasteiger partial charge >= 0.3 is 5.97 Å². The Kier molecular flexibility index (Phi) is 6.74. The molecule has 1 aromatic heterocycles. The Morgan fingerprint density at radius 2 is 1.76 bits per heavy atom. The first kappa shape index (κ1) is 22.7. The summed E-state index contributed by atoms with van der Waals surface area (Å²) in [6, 6.07) is 20.0. The van der Waals surface area contributed by atoms with Gasteiger partial charge in [0, 0.05) is 30.3 Å². The second kappa shape index (κ2) is 10.1. The molecule has 3 fully saturated rings. The van der Waals surface area contributed by atoms with Crippen molar-refractivity contribution in [3.05, 3.63) is 83.4 Å². The molecule has 3 aliphatic rings. The van der Waals surface area contributed by atoms with E-state index < -0.39 is 0 Å². The molecule has 1 amide bonds. The number of benzene rings is 2. The van der Waals surface area contributed by atoms with Crippen LogP contribution in [0.25, 0.3) is 0 Å². The summed E-state index contributed by atoms with van der Waals surface area (Å²) in [7, 11) is 0. The Morgan fingerprint density at radius 1 is 1.06 bits per heavy atom. The predicted molar refractivity (Wildman–Crippen MR) is 132 cm³/mol. The predicted octanol–water partition coefficient (Wildman–Crippen LogP) is 4.26. The quantitative estimate of drug-likeness (QED) is 0.390. The number of hydrogen-bond donors (Lipinski definition) is 1. The zero-order valence-corrected chi connectivity index (χ0v) is 20.0. The van der Waals surface area contributed by atoms with Crippen LogP contribution in [-0.2, 0) is 20.7 Å². The van der Waals surface area contributed by atoms with Gasteiger partial charge in [0.1, 0.15) is 6.54 Å². The number of nitrogens with one attached hydrogen (secondary N) is 1. The lowest BCUT2D eigenvalue weighted by molar-refractivity contribution is -0.938. The van der Waals surface area contributed by atoms with E-state index in [0.717, 1.165) is 37.1 Å². The van der Waals surface area contributed by atoms with Gasteiger partial charge in [-0.2, -0.15) is 0 Å². The lowest BCUT2D eigenvalue weighted by Gasteiger charge is -2.51. The lowest BCUT2D eigenvalue weighted by atomic mass is 9.83. The molecule has 3 saturated heterocycles. The van der Waals surface area contributed by atoms with Gasteiger partial charge in [-0.3, -0.25) is 14.9 Å². The van der Waals surface area contributed by atoms with Crippen molar-refractivity contribution in [2.75, 3.05) is 31.5 Å². The minimum absolute atomic E-state index is 0.0217. The number of carbonyl (C=O) groups is 2. The number of esters is 1. The van der Waals surface area contributed by atoms with Gasteiger partial charge in [-0.1, -0.05) is 60.7 Å². The van der Waals surface area contributed by atoms with Crippen molar-refractivity contribution in [2.24, 2.45) is 5.92 Å². The first-order valence-corrected chi connectivity index (χ1v) is 12.8. The fourth-order valence-corrected chi connectivity index (χ4v) is 5.97. The number of carbonyl (C=O) groups excluding carboxylic acids is 2. The molecular weight excluding hydrogens is 446 g/mol. The van der Waals surface area contributed by atoms with Crippen LogP contribution in [0, 0.1) is 5.92 Å². The van der Waals surface area contributed by atoms with Gasteiger partial charge < -0.3 is 9.22 Å². The van der Waals surface area contributed by atoms with Crippen molar-refractivity contribution in [3.8, 4) is 0 Å². The number of ether oxygens (including phenoxy) is 1. The molecular formula is C27H30N3O3S+. The van der Waals surface area contributed by atoms with Crippen molar-refractivity contribution < 1.29 is 18.8 Å². The Bertz CT molecular complexity index is 1100. The van der Waals surface area contributed by atoms with Crippen LogP contribution in [0.4, 0.5) is 5.13 Å². The Hall–Kier alpha value is -3.03. The van der Waals surface area contributed by atoms with Gasteiger partial charge in [0.05, 0.1) is 19.0 Å². The molecule has 1 N–H and O–H groups in total. The fraction of sp³-hybridized carbons (Fsp3) is 0.370. The van der Waals surface area contributed by atoms with Crippen molar-refractivity contribution in [1.82, 2.24) is 4.98 Å². The van der Waals surface area contributed by atoms with Gasteiger partial charge in [0.2, 0.25) is 0 Å². The zero-order valence-electron chi connectivity index (χ0n) is 19.1. The van der Waals surface area contributed by atoms with Crippen LogP contribution >= 0.6 is 11.3 Å². The molecule has 0 spiro atoms. The third kappa shape index (κ3) is 5.21. The maximum absolute atomic E-state index is 13.5. The van der Waals surface area contributed by atoms with Gasteiger partial charge in [0.25, 0.3) is 5.91 Å². The molecule has 176 valence electrons. The number of hydrogen-bond acceptors (Lipinski definition) is 5. The van der Waals surface area contributed by atoms with E-state index in [9.17, 15) is 9.59 Å². The SMILES string of the molecule is O=C(C[N+]12CCC(CC1)C(OC(=O)C(Cc1ccccc1)c1ccccc1)C2)Nc1nccs1. The summed E-state index contributed by atoms with van der Waals surface area (Å²) in [5, 5.41) is 5.39. The molecule has 2 unspecified atom stereocenters. The summed E-state index contributed by atoms with van der Waals surface area (Å²) in [5.74, 6) is -0.161. The number of aromatic nitrogens is 1. The van der Waals surface area contributed by atoms with Crippen LogP contribution in [-0.4, -0.2) is 53.6 Å². The first-order valence-electron chi connectivity index (χ1n) is 11.9. The molecule has 3 aromatic rings. The van der Waals surface area contributed by atoms with Crippen LogP contribution in [0.15, 0.2) is 72.2 Å². The van der Waals surface area contributed by atoms with E-state index in [1.165, 1.54) is 11.3 Å². The molecule has 6 rings (SSSR count). The van der Waals surface area contributed by atoms with Crippen molar-refractivity contribution in [1.29, 1.82) is 0 Å². The van der Waals surface area contributed by atoms with Gasteiger partial charge in [-0.25, -0.2) is 4.98 Å². The minimum Gasteiger partial charge on any atom is -0.456 e. The fourth-order valence-electron chi connectivity index (χ4n) is 5.43. The molecule has 6 nitrogen and oxygen atoms in total. The largest absolute Gasteiger partial charge is 0.456 e. The molecule has 3 aliphatic heterocycles. The van der Waals surface area contributed by atoms with E-state index >= 15 is 0 Å². The number of anilines is 1. The number of piperidine rings is 3. The molecule has 4 heterocycles. The number of nitrogens with zero attached hydrogens (tertiary/aromatic N) is 2. The summed E-state index contributed by atoms with van der Waals surface area (Å²) in [5.41, 5.74) is 2.09. The molecule has 2 aromatic carbocycles. The number of fused-ring (bicyclic) bond motifs is 3. The van der Waals surface area contributed by atoms with Gasteiger partial charge in [-0.15, -0.1) is 11.3 Å². The lowest BCUT2D eigenvalue weighted by Crippen LogP contribution is -2.66. The van der Waals surface area contributed by atoms with Crippen LogP contribution in [0.1, 0.15) is 29.9 Å². The molecule has 0 saturated carbocycles. The van der Waals surface area contributed by atoms with E-state index in [0.29, 0.717) is 35.0 Å². The average molecular weight is 477 g/mol. The molecule has 0 aliphatic carbocycles. The number of rotatable bonds is 8. The third-order valence-electron chi connectivity index (χ3n) is 7.24.